The Kier molecular flexibility index (Phi) is 4.57. The molecule has 0 spiro atoms. The van der Waals surface area contributed by atoms with Crippen molar-refractivity contribution in [2.24, 2.45) is 0 Å². The Morgan fingerprint density at radius 2 is 1.85 bits per heavy atom. The third-order valence-electron chi connectivity index (χ3n) is 5.36. The van der Waals surface area contributed by atoms with Crippen molar-refractivity contribution in [3.05, 3.63) is 51.7 Å². The van der Waals surface area contributed by atoms with E-state index in [1.807, 2.05) is 31.2 Å². The summed E-state index contributed by atoms with van der Waals surface area (Å²) in [6.45, 7) is 1.81. The van der Waals surface area contributed by atoms with Crippen LogP contribution in [0.5, 0.6) is 0 Å². The Labute approximate surface area is 155 Å². The molecule has 0 bridgehead atoms. The summed E-state index contributed by atoms with van der Waals surface area (Å²) in [5, 5.41) is 4.41. The zero-order valence-corrected chi connectivity index (χ0v) is 15.1. The summed E-state index contributed by atoms with van der Waals surface area (Å²) in [5.74, 6) is 0.167. The second-order valence-electron chi connectivity index (χ2n) is 7.40. The number of hydrogen-bond donors (Lipinski definition) is 0. The second kappa shape index (κ2) is 6.90. The highest BCUT2D eigenvalue weighted by Gasteiger charge is 2.40. The third-order valence-corrected chi connectivity index (χ3v) is 5.36. The topological polar surface area (TPSA) is 60.1 Å². The summed E-state index contributed by atoms with van der Waals surface area (Å²) >= 11 is 0. The summed E-state index contributed by atoms with van der Waals surface area (Å²) in [6, 6.07) is 7.09. The molecule has 3 heterocycles. The zero-order valence-electron chi connectivity index (χ0n) is 15.1. The number of fused-ring (bicyclic) bond motifs is 1. The van der Waals surface area contributed by atoms with Gasteiger partial charge in [0.15, 0.2) is 12.3 Å². The minimum Gasteiger partial charge on any atom is -0.335 e. The SMILES string of the molecule is Cc1ccc(Cn2nc3n(c2=O)C(C(=O)N2C[C@H](F)[C@@H](F)C2)CCC3)cc1. The molecule has 2 aliphatic heterocycles. The summed E-state index contributed by atoms with van der Waals surface area (Å²) in [4.78, 5) is 26.9. The maximum Gasteiger partial charge on any atom is 0.346 e. The minimum absolute atomic E-state index is 0.252. The van der Waals surface area contributed by atoms with Crippen LogP contribution in [-0.2, 0) is 17.8 Å². The maximum atomic E-state index is 13.5. The Balaban J connectivity index is 1.61. The summed E-state index contributed by atoms with van der Waals surface area (Å²) in [6.07, 6.45) is -1.51. The maximum absolute atomic E-state index is 13.5. The molecule has 0 aliphatic carbocycles. The molecule has 1 unspecified atom stereocenters. The van der Waals surface area contributed by atoms with Gasteiger partial charge in [0.05, 0.1) is 19.6 Å². The van der Waals surface area contributed by atoms with Crippen LogP contribution in [0.15, 0.2) is 29.1 Å². The molecule has 1 amide bonds. The Morgan fingerprint density at radius 3 is 2.52 bits per heavy atom. The normalized spacial score (nSPS) is 24.9. The van der Waals surface area contributed by atoms with Gasteiger partial charge in [-0.05, 0) is 25.3 Å². The zero-order chi connectivity index (χ0) is 19.1. The quantitative estimate of drug-likeness (QED) is 0.821. The Morgan fingerprint density at radius 1 is 1.19 bits per heavy atom. The number of hydrogen-bond acceptors (Lipinski definition) is 3. The van der Waals surface area contributed by atoms with Gasteiger partial charge in [0.25, 0.3) is 0 Å². The molecule has 1 fully saturated rings. The first-order chi connectivity index (χ1) is 12.9. The van der Waals surface area contributed by atoms with Gasteiger partial charge in [-0.15, -0.1) is 0 Å². The van der Waals surface area contributed by atoms with Crippen molar-refractivity contribution in [1.29, 1.82) is 0 Å². The summed E-state index contributed by atoms with van der Waals surface area (Å²) < 4.78 is 29.8. The van der Waals surface area contributed by atoms with Crippen molar-refractivity contribution >= 4 is 5.91 Å². The molecule has 0 radical (unpaired) electrons. The van der Waals surface area contributed by atoms with Gasteiger partial charge in [-0.2, -0.15) is 5.10 Å². The molecule has 1 aromatic carbocycles. The van der Waals surface area contributed by atoms with Crippen molar-refractivity contribution in [3.8, 4) is 0 Å². The molecule has 0 saturated carbocycles. The fourth-order valence-electron chi connectivity index (χ4n) is 3.85. The molecule has 3 atom stereocenters. The number of aromatic nitrogens is 3. The number of carbonyl (C=O) groups is 1. The van der Waals surface area contributed by atoms with Gasteiger partial charge in [0, 0.05) is 6.42 Å². The smallest absolute Gasteiger partial charge is 0.335 e. The molecule has 6 nitrogen and oxygen atoms in total. The number of halogens is 2. The fraction of sp³-hybridized carbons (Fsp3) is 0.526. The lowest BCUT2D eigenvalue weighted by Crippen LogP contribution is -2.42. The van der Waals surface area contributed by atoms with Gasteiger partial charge in [0.2, 0.25) is 5.91 Å². The number of nitrogens with zero attached hydrogens (tertiary/aromatic N) is 4. The predicted octanol–water partition coefficient (Wildman–Crippen LogP) is 1.80. The van der Waals surface area contributed by atoms with Gasteiger partial charge in [-0.1, -0.05) is 29.8 Å². The lowest BCUT2D eigenvalue weighted by Gasteiger charge is -2.26. The molecule has 144 valence electrons. The average molecular weight is 376 g/mol. The van der Waals surface area contributed by atoms with E-state index in [9.17, 15) is 18.4 Å². The number of amides is 1. The van der Waals surface area contributed by atoms with E-state index in [0.717, 1.165) is 11.1 Å². The van der Waals surface area contributed by atoms with E-state index in [-0.39, 0.29) is 18.8 Å². The Bertz CT molecular complexity index is 895. The molecular weight excluding hydrogens is 354 g/mol. The first-order valence-corrected chi connectivity index (χ1v) is 9.24. The standard InChI is InChI=1S/C19H22F2N4O2/c1-12-5-7-13(8-6-12)9-24-19(27)25-16(3-2-4-17(25)22-24)18(26)23-10-14(20)15(21)11-23/h5-8,14-16H,2-4,9-11H2,1H3/t14-,15-,16?/m0/s1. The van der Waals surface area contributed by atoms with Gasteiger partial charge in [0.1, 0.15) is 11.9 Å². The molecule has 1 aromatic heterocycles. The summed E-state index contributed by atoms with van der Waals surface area (Å²) in [7, 11) is 0. The summed E-state index contributed by atoms with van der Waals surface area (Å²) in [5.41, 5.74) is 1.72. The highest BCUT2D eigenvalue weighted by molar-refractivity contribution is 5.81. The van der Waals surface area contributed by atoms with Crippen LogP contribution in [0.4, 0.5) is 8.78 Å². The van der Waals surface area contributed by atoms with Crippen molar-refractivity contribution in [1.82, 2.24) is 19.2 Å². The molecule has 2 aromatic rings. The van der Waals surface area contributed by atoms with Gasteiger partial charge >= 0.3 is 5.69 Å². The largest absolute Gasteiger partial charge is 0.346 e. The van der Waals surface area contributed by atoms with E-state index in [1.165, 1.54) is 14.1 Å². The van der Waals surface area contributed by atoms with E-state index < -0.39 is 24.3 Å². The van der Waals surface area contributed by atoms with Crippen LogP contribution in [-0.4, -0.2) is 50.6 Å². The predicted molar refractivity (Wildman–Crippen MR) is 95.1 cm³/mol. The highest BCUT2D eigenvalue weighted by Crippen LogP contribution is 2.27. The first-order valence-electron chi connectivity index (χ1n) is 9.24. The van der Waals surface area contributed by atoms with E-state index in [1.54, 1.807) is 0 Å². The number of carbonyl (C=O) groups excluding carboxylic acids is 1. The number of alkyl halides is 2. The molecule has 4 rings (SSSR count). The molecule has 2 aliphatic rings. The van der Waals surface area contributed by atoms with Crippen molar-refractivity contribution in [2.45, 2.75) is 51.1 Å². The van der Waals surface area contributed by atoms with Crippen molar-refractivity contribution in [3.63, 3.8) is 0 Å². The van der Waals surface area contributed by atoms with Crippen LogP contribution in [0.3, 0.4) is 0 Å². The molecule has 1 saturated heterocycles. The van der Waals surface area contributed by atoms with Crippen LogP contribution >= 0.6 is 0 Å². The molecule has 27 heavy (non-hydrogen) atoms. The number of aryl methyl sites for hydroxylation is 2. The van der Waals surface area contributed by atoms with Crippen molar-refractivity contribution in [2.75, 3.05) is 13.1 Å². The average Bonchev–Trinajstić information content (AvgIpc) is 3.16. The van der Waals surface area contributed by atoms with Crippen LogP contribution in [0.1, 0.15) is 35.8 Å². The van der Waals surface area contributed by atoms with Crippen LogP contribution in [0.2, 0.25) is 0 Å². The van der Waals surface area contributed by atoms with E-state index in [0.29, 0.717) is 31.6 Å². The minimum atomic E-state index is -1.65. The number of rotatable bonds is 3. The van der Waals surface area contributed by atoms with Gasteiger partial charge in [-0.3, -0.25) is 9.36 Å². The van der Waals surface area contributed by atoms with E-state index >= 15 is 0 Å². The van der Waals surface area contributed by atoms with Gasteiger partial charge < -0.3 is 4.90 Å². The number of benzene rings is 1. The lowest BCUT2D eigenvalue weighted by atomic mass is 10.0. The van der Waals surface area contributed by atoms with Crippen LogP contribution < -0.4 is 5.69 Å². The lowest BCUT2D eigenvalue weighted by molar-refractivity contribution is -0.134. The molecule has 8 heteroatoms. The number of likely N-dealkylation sites (tertiary alicyclic amines) is 1. The van der Waals surface area contributed by atoms with Crippen LogP contribution in [0, 0.1) is 6.92 Å². The first kappa shape index (κ1) is 17.9. The van der Waals surface area contributed by atoms with Crippen LogP contribution in [0.25, 0.3) is 0 Å². The Hall–Kier alpha value is -2.51. The fourth-order valence-corrected chi connectivity index (χ4v) is 3.85. The second-order valence-corrected chi connectivity index (χ2v) is 7.40. The van der Waals surface area contributed by atoms with Crippen molar-refractivity contribution < 1.29 is 13.6 Å². The molecule has 0 N–H and O–H groups in total. The third kappa shape index (κ3) is 3.28. The van der Waals surface area contributed by atoms with E-state index in [4.69, 9.17) is 0 Å². The van der Waals surface area contributed by atoms with Gasteiger partial charge in [-0.25, -0.2) is 18.3 Å². The monoisotopic (exact) mass is 376 g/mol. The highest BCUT2D eigenvalue weighted by atomic mass is 19.2. The van der Waals surface area contributed by atoms with E-state index in [2.05, 4.69) is 5.10 Å². The molecular formula is C19H22F2N4O2.